The zero-order valence-corrected chi connectivity index (χ0v) is 11.4. The summed E-state index contributed by atoms with van der Waals surface area (Å²) < 4.78 is 0. The highest BCUT2D eigenvalue weighted by atomic mass is 32.1. The summed E-state index contributed by atoms with van der Waals surface area (Å²) in [7, 11) is 0. The first-order chi connectivity index (χ1) is 8.83. The van der Waals surface area contributed by atoms with Gasteiger partial charge in [0, 0.05) is 30.1 Å². The largest absolute Gasteiger partial charge is 0.396 e. The van der Waals surface area contributed by atoms with Gasteiger partial charge in [-0.3, -0.25) is 4.90 Å². The van der Waals surface area contributed by atoms with Crippen molar-refractivity contribution in [3.63, 3.8) is 0 Å². The van der Waals surface area contributed by atoms with E-state index in [2.05, 4.69) is 28.2 Å². The molecule has 1 unspecified atom stereocenters. The third-order valence-electron chi connectivity index (χ3n) is 3.30. The van der Waals surface area contributed by atoms with Gasteiger partial charge >= 0.3 is 0 Å². The summed E-state index contributed by atoms with van der Waals surface area (Å²) in [6, 6.07) is 2.07. The van der Waals surface area contributed by atoms with Gasteiger partial charge in [0.2, 0.25) is 0 Å². The fraction of sp³-hybridized carbons (Fsp3) is 0.571. The number of rotatable bonds is 3. The first-order valence-electron chi connectivity index (χ1n) is 6.42. The van der Waals surface area contributed by atoms with Gasteiger partial charge in [0.1, 0.15) is 0 Å². The van der Waals surface area contributed by atoms with Crippen LogP contribution in [-0.4, -0.2) is 36.2 Å². The van der Waals surface area contributed by atoms with Crippen molar-refractivity contribution in [2.75, 3.05) is 26.2 Å². The van der Waals surface area contributed by atoms with Gasteiger partial charge in [-0.15, -0.1) is 11.3 Å². The van der Waals surface area contributed by atoms with E-state index in [1.54, 1.807) is 11.3 Å². The minimum atomic E-state index is 0.306. The molecule has 98 valence electrons. The van der Waals surface area contributed by atoms with E-state index < -0.39 is 0 Å². The standard InChI is InChI=1S/C14H20N2OS/c15-6-1-4-13-5-8-18-14(13)10-16-7-2-3-12(9-16)11-17/h5,8,12,17H,2-3,6-7,9-11,15H2. The molecule has 1 aromatic heterocycles. The number of piperidine rings is 1. The lowest BCUT2D eigenvalue weighted by molar-refractivity contribution is 0.116. The normalized spacial score (nSPS) is 20.4. The second kappa shape index (κ2) is 6.91. The summed E-state index contributed by atoms with van der Waals surface area (Å²) in [5.41, 5.74) is 6.52. The molecule has 1 saturated heterocycles. The highest BCUT2D eigenvalue weighted by Crippen LogP contribution is 2.22. The molecule has 1 aliphatic heterocycles. The quantitative estimate of drug-likeness (QED) is 0.808. The molecule has 3 N–H and O–H groups in total. The smallest absolute Gasteiger partial charge is 0.0555 e. The average molecular weight is 264 g/mol. The molecule has 0 aliphatic carbocycles. The zero-order valence-electron chi connectivity index (χ0n) is 10.6. The number of hydrogen-bond donors (Lipinski definition) is 2. The first-order valence-corrected chi connectivity index (χ1v) is 7.30. The average Bonchev–Trinajstić information content (AvgIpc) is 2.84. The van der Waals surface area contributed by atoms with Crippen LogP contribution in [0, 0.1) is 17.8 Å². The minimum Gasteiger partial charge on any atom is -0.396 e. The second-order valence-corrected chi connectivity index (χ2v) is 5.69. The van der Waals surface area contributed by atoms with Crippen LogP contribution in [0.4, 0.5) is 0 Å². The van der Waals surface area contributed by atoms with Crippen LogP contribution in [0.1, 0.15) is 23.3 Å². The Morgan fingerprint density at radius 2 is 2.44 bits per heavy atom. The van der Waals surface area contributed by atoms with E-state index in [-0.39, 0.29) is 0 Å². The van der Waals surface area contributed by atoms with Gasteiger partial charge in [0.05, 0.1) is 6.54 Å². The molecule has 0 aromatic carbocycles. The summed E-state index contributed by atoms with van der Waals surface area (Å²) in [6.07, 6.45) is 2.33. The fourth-order valence-electron chi connectivity index (χ4n) is 2.37. The van der Waals surface area contributed by atoms with Crippen molar-refractivity contribution < 1.29 is 5.11 Å². The van der Waals surface area contributed by atoms with E-state index in [0.717, 1.165) is 31.6 Å². The maximum Gasteiger partial charge on any atom is 0.0555 e. The fourth-order valence-corrected chi connectivity index (χ4v) is 3.24. The molecule has 0 bridgehead atoms. The first kappa shape index (κ1) is 13.6. The molecular formula is C14H20N2OS. The molecular weight excluding hydrogens is 244 g/mol. The highest BCUT2D eigenvalue weighted by Gasteiger charge is 2.20. The Kier molecular flexibility index (Phi) is 5.21. The molecule has 1 aliphatic rings. The van der Waals surface area contributed by atoms with Crippen LogP contribution in [0.3, 0.4) is 0 Å². The summed E-state index contributed by atoms with van der Waals surface area (Å²) in [5.74, 6) is 6.48. The van der Waals surface area contributed by atoms with Crippen LogP contribution in [0.5, 0.6) is 0 Å². The number of aliphatic hydroxyl groups excluding tert-OH is 1. The lowest BCUT2D eigenvalue weighted by Gasteiger charge is -2.31. The summed E-state index contributed by atoms with van der Waals surface area (Å²) >= 11 is 1.75. The van der Waals surface area contributed by atoms with E-state index in [1.165, 1.54) is 11.3 Å². The monoisotopic (exact) mass is 264 g/mol. The van der Waals surface area contributed by atoms with Gasteiger partial charge in [-0.2, -0.15) is 0 Å². The molecule has 1 aromatic rings. The Morgan fingerprint density at radius 1 is 1.56 bits per heavy atom. The topological polar surface area (TPSA) is 49.5 Å². The number of hydrogen-bond acceptors (Lipinski definition) is 4. The predicted octanol–water partition coefficient (Wildman–Crippen LogP) is 1.26. The van der Waals surface area contributed by atoms with Crippen molar-refractivity contribution in [3.05, 3.63) is 21.9 Å². The van der Waals surface area contributed by atoms with E-state index >= 15 is 0 Å². The van der Waals surface area contributed by atoms with Crippen molar-refractivity contribution in [1.29, 1.82) is 0 Å². The van der Waals surface area contributed by atoms with Gasteiger partial charge in [0.15, 0.2) is 0 Å². The summed E-state index contributed by atoms with van der Waals surface area (Å²) in [5, 5.41) is 11.3. The zero-order chi connectivity index (χ0) is 12.8. The number of likely N-dealkylation sites (tertiary alicyclic amines) is 1. The third kappa shape index (κ3) is 3.56. The van der Waals surface area contributed by atoms with Crippen molar-refractivity contribution in [2.24, 2.45) is 11.7 Å². The van der Waals surface area contributed by atoms with Crippen LogP contribution in [0.15, 0.2) is 11.4 Å². The molecule has 0 spiro atoms. The maximum atomic E-state index is 9.25. The molecule has 4 heteroatoms. The Bertz CT molecular complexity index is 432. The molecule has 0 radical (unpaired) electrons. The second-order valence-electron chi connectivity index (χ2n) is 4.69. The summed E-state index contributed by atoms with van der Waals surface area (Å²) in [4.78, 5) is 3.73. The molecule has 1 atom stereocenters. The number of nitrogens with zero attached hydrogens (tertiary/aromatic N) is 1. The van der Waals surface area contributed by atoms with Crippen LogP contribution in [-0.2, 0) is 6.54 Å². The van der Waals surface area contributed by atoms with Crippen LogP contribution in [0.25, 0.3) is 0 Å². The van der Waals surface area contributed by atoms with Gasteiger partial charge in [-0.25, -0.2) is 0 Å². The highest BCUT2D eigenvalue weighted by molar-refractivity contribution is 7.10. The lowest BCUT2D eigenvalue weighted by Crippen LogP contribution is -2.36. The minimum absolute atomic E-state index is 0.306. The van der Waals surface area contributed by atoms with E-state index in [4.69, 9.17) is 5.73 Å². The van der Waals surface area contributed by atoms with Gasteiger partial charge < -0.3 is 10.8 Å². The molecule has 0 amide bonds. The number of aliphatic hydroxyl groups is 1. The molecule has 2 heterocycles. The molecule has 0 saturated carbocycles. The molecule has 1 fully saturated rings. The van der Waals surface area contributed by atoms with E-state index in [0.29, 0.717) is 19.1 Å². The van der Waals surface area contributed by atoms with Crippen LogP contribution < -0.4 is 5.73 Å². The van der Waals surface area contributed by atoms with E-state index in [1.807, 2.05) is 0 Å². The van der Waals surface area contributed by atoms with Crippen molar-refractivity contribution in [3.8, 4) is 11.8 Å². The Balaban J connectivity index is 1.98. The Labute approximate surface area is 113 Å². The van der Waals surface area contributed by atoms with Gasteiger partial charge in [0.25, 0.3) is 0 Å². The molecule has 2 rings (SSSR count). The van der Waals surface area contributed by atoms with Gasteiger partial charge in [-0.05, 0) is 36.8 Å². The predicted molar refractivity (Wildman–Crippen MR) is 75.3 cm³/mol. The SMILES string of the molecule is NCC#Cc1ccsc1CN1CCCC(CO)C1. The number of nitrogens with two attached hydrogens (primary N) is 1. The van der Waals surface area contributed by atoms with Crippen LogP contribution >= 0.6 is 11.3 Å². The lowest BCUT2D eigenvalue weighted by atomic mass is 9.99. The van der Waals surface area contributed by atoms with Crippen molar-refractivity contribution in [2.45, 2.75) is 19.4 Å². The Hall–Kier alpha value is -0.860. The Morgan fingerprint density at radius 3 is 3.22 bits per heavy atom. The van der Waals surface area contributed by atoms with E-state index in [9.17, 15) is 5.11 Å². The van der Waals surface area contributed by atoms with Crippen molar-refractivity contribution >= 4 is 11.3 Å². The molecule has 18 heavy (non-hydrogen) atoms. The number of thiophene rings is 1. The third-order valence-corrected chi connectivity index (χ3v) is 4.20. The van der Waals surface area contributed by atoms with Crippen LogP contribution in [0.2, 0.25) is 0 Å². The summed E-state index contributed by atoms with van der Waals surface area (Å²) in [6.45, 7) is 3.78. The van der Waals surface area contributed by atoms with Gasteiger partial charge in [-0.1, -0.05) is 11.8 Å². The maximum absolute atomic E-state index is 9.25. The van der Waals surface area contributed by atoms with Crippen molar-refractivity contribution in [1.82, 2.24) is 4.90 Å². The molecule has 3 nitrogen and oxygen atoms in total.